The highest BCUT2D eigenvalue weighted by molar-refractivity contribution is 9.10. The Morgan fingerprint density at radius 3 is 2.63 bits per heavy atom. The van der Waals surface area contributed by atoms with Crippen LogP contribution in [0.1, 0.15) is 24.1 Å². The number of halogens is 2. The van der Waals surface area contributed by atoms with Crippen molar-refractivity contribution in [3.63, 3.8) is 0 Å². The molecule has 0 aromatic heterocycles. The maximum Gasteiger partial charge on any atom is 0.138 e. The van der Waals surface area contributed by atoms with Crippen molar-refractivity contribution in [1.82, 2.24) is 0 Å². The summed E-state index contributed by atoms with van der Waals surface area (Å²) in [5.41, 5.74) is 7.89. The molecule has 0 saturated carbocycles. The first-order valence-electron chi connectivity index (χ1n) is 5.99. The molecule has 0 amide bonds. The number of benzene rings is 2. The highest BCUT2D eigenvalue weighted by Crippen LogP contribution is 2.28. The lowest BCUT2D eigenvalue weighted by Crippen LogP contribution is -2.05. The van der Waals surface area contributed by atoms with E-state index in [0.717, 1.165) is 15.6 Å². The van der Waals surface area contributed by atoms with Crippen molar-refractivity contribution in [2.45, 2.75) is 19.6 Å². The molecule has 1 unspecified atom stereocenters. The van der Waals surface area contributed by atoms with Gasteiger partial charge in [-0.2, -0.15) is 0 Å². The summed E-state index contributed by atoms with van der Waals surface area (Å²) in [6, 6.07) is 13.6. The van der Waals surface area contributed by atoms with E-state index in [0.29, 0.717) is 17.4 Å². The van der Waals surface area contributed by atoms with E-state index in [2.05, 4.69) is 15.9 Å². The van der Waals surface area contributed by atoms with Crippen LogP contribution in [0.25, 0.3) is 0 Å². The average Bonchev–Trinajstić information content (AvgIpc) is 2.39. The Morgan fingerprint density at radius 2 is 2.00 bits per heavy atom. The molecular weight excluding hydrogens is 326 g/mol. The Bertz CT molecular complexity index is 572. The van der Waals surface area contributed by atoms with Crippen LogP contribution in [0, 0.1) is 0 Å². The van der Waals surface area contributed by atoms with E-state index in [-0.39, 0.29) is 6.04 Å². The fourth-order valence-electron chi connectivity index (χ4n) is 1.69. The minimum atomic E-state index is -0.0326. The number of ether oxygens (including phenoxy) is 1. The molecule has 2 aromatic carbocycles. The van der Waals surface area contributed by atoms with Gasteiger partial charge in [-0.15, -0.1) is 0 Å². The predicted octanol–water partition coefficient (Wildman–Crippen LogP) is 4.70. The average molecular weight is 341 g/mol. The molecule has 0 heterocycles. The number of hydrogen-bond donors (Lipinski definition) is 1. The Kier molecular flexibility index (Phi) is 4.86. The minimum Gasteiger partial charge on any atom is -0.487 e. The van der Waals surface area contributed by atoms with Gasteiger partial charge in [0.2, 0.25) is 0 Å². The Hall–Kier alpha value is -1.03. The van der Waals surface area contributed by atoms with Gasteiger partial charge in [0.15, 0.2) is 0 Å². The standard InChI is InChI=1S/C15H15BrClNO/c1-10(18)11-6-7-15(14(17)8-11)19-9-12-4-2-3-5-13(12)16/h2-8,10H,9,18H2,1H3. The zero-order valence-electron chi connectivity index (χ0n) is 10.6. The lowest BCUT2D eigenvalue weighted by molar-refractivity contribution is 0.305. The van der Waals surface area contributed by atoms with E-state index in [4.69, 9.17) is 22.1 Å². The molecule has 0 aliphatic rings. The van der Waals surface area contributed by atoms with Crippen LogP contribution in [-0.2, 0) is 6.61 Å². The van der Waals surface area contributed by atoms with Gasteiger partial charge in [0.05, 0.1) is 5.02 Å². The van der Waals surface area contributed by atoms with Gasteiger partial charge in [-0.1, -0.05) is 51.8 Å². The van der Waals surface area contributed by atoms with Crippen molar-refractivity contribution in [1.29, 1.82) is 0 Å². The SMILES string of the molecule is CC(N)c1ccc(OCc2ccccc2Br)c(Cl)c1. The van der Waals surface area contributed by atoms with Gasteiger partial charge in [-0.05, 0) is 30.7 Å². The molecule has 4 heteroatoms. The minimum absolute atomic E-state index is 0.0326. The quantitative estimate of drug-likeness (QED) is 0.875. The molecule has 0 bridgehead atoms. The Balaban J connectivity index is 2.10. The summed E-state index contributed by atoms with van der Waals surface area (Å²) in [5.74, 6) is 0.668. The van der Waals surface area contributed by atoms with E-state index in [1.165, 1.54) is 0 Å². The van der Waals surface area contributed by atoms with Gasteiger partial charge < -0.3 is 10.5 Å². The maximum atomic E-state index is 6.19. The van der Waals surface area contributed by atoms with Crippen LogP contribution in [0.2, 0.25) is 5.02 Å². The molecule has 0 aliphatic carbocycles. The maximum absolute atomic E-state index is 6.19. The third-order valence-corrected chi connectivity index (χ3v) is 3.89. The van der Waals surface area contributed by atoms with Crippen molar-refractivity contribution in [3.05, 3.63) is 63.1 Å². The van der Waals surface area contributed by atoms with E-state index >= 15 is 0 Å². The second kappa shape index (κ2) is 6.42. The second-order valence-electron chi connectivity index (χ2n) is 4.36. The van der Waals surface area contributed by atoms with Crippen molar-refractivity contribution in [2.75, 3.05) is 0 Å². The van der Waals surface area contributed by atoms with Crippen molar-refractivity contribution >= 4 is 27.5 Å². The van der Waals surface area contributed by atoms with Crippen molar-refractivity contribution in [3.8, 4) is 5.75 Å². The molecular formula is C15H15BrClNO. The normalized spacial score (nSPS) is 12.2. The molecule has 0 saturated heterocycles. The first-order valence-corrected chi connectivity index (χ1v) is 7.16. The topological polar surface area (TPSA) is 35.2 Å². The third kappa shape index (κ3) is 3.72. The van der Waals surface area contributed by atoms with Gasteiger partial charge in [0.1, 0.15) is 12.4 Å². The fourth-order valence-corrected chi connectivity index (χ4v) is 2.33. The van der Waals surface area contributed by atoms with E-state index < -0.39 is 0 Å². The first kappa shape index (κ1) is 14.4. The summed E-state index contributed by atoms with van der Waals surface area (Å²) < 4.78 is 6.76. The lowest BCUT2D eigenvalue weighted by Gasteiger charge is -2.12. The third-order valence-electron chi connectivity index (χ3n) is 2.82. The highest BCUT2D eigenvalue weighted by Gasteiger charge is 2.07. The van der Waals surface area contributed by atoms with Crippen LogP contribution in [0.3, 0.4) is 0 Å². The van der Waals surface area contributed by atoms with Crippen molar-refractivity contribution in [2.24, 2.45) is 5.73 Å². The smallest absolute Gasteiger partial charge is 0.138 e. The Labute approximate surface area is 126 Å². The molecule has 0 spiro atoms. The van der Waals surface area contributed by atoms with Gasteiger partial charge in [-0.3, -0.25) is 0 Å². The molecule has 19 heavy (non-hydrogen) atoms. The molecule has 0 radical (unpaired) electrons. The molecule has 100 valence electrons. The lowest BCUT2D eigenvalue weighted by atomic mass is 10.1. The van der Waals surface area contributed by atoms with E-state index in [1.807, 2.05) is 49.4 Å². The summed E-state index contributed by atoms with van der Waals surface area (Å²) in [7, 11) is 0. The molecule has 0 fully saturated rings. The fraction of sp³-hybridized carbons (Fsp3) is 0.200. The zero-order valence-corrected chi connectivity index (χ0v) is 12.9. The van der Waals surface area contributed by atoms with E-state index in [9.17, 15) is 0 Å². The van der Waals surface area contributed by atoms with Gasteiger partial charge >= 0.3 is 0 Å². The molecule has 2 rings (SSSR count). The van der Waals surface area contributed by atoms with Crippen LogP contribution >= 0.6 is 27.5 Å². The van der Waals surface area contributed by atoms with Crippen LogP contribution < -0.4 is 10.5 Å². The van der Waals surface area contributed by atoms with Crippen molar-refractivity contribution < 1.29 is 4.74 Å². The number of hydrogen-bond acceptors (Lipinski definition) is 2. The monoisotopic (exact) mass is 339 g/mol. The predicted molar refractivity (Wildman–Crippen MR) is 82.5 cm³/mol. The van der Waals surface area contributed by atoms with Crippen LogP contribution in [0.4, 0.5) is 0 Å². The van der Waals surface area contributed by atoms with Crippen LogP contribution in [-0.4, -0.2) is 0 Å². The number of nitrogens with two attached hydrogens (primary N) is 1. The van der Waals surface area contributed by atoms with Crippen LogP contribution in [0.15, 0.2) is 46.9 Å². The molecule has 2 N–H and O–H groups in total. The number of rotatable bonds is 4. The largest absolute Gasteiger partial charge is 0.487 e. The summed E-state index contributed by atoms with van der Waals surface area (Å²) in [6.07, 6.45) is 0. The van der Waals surface area contributed by atoms with Gasteiger partial charge in [0.25, 0.3) is 0 Å². The summed E-state index contributed by atoms with van der Waals surface area (Å²) in [6.45, 7) is 2.39. The highest BCUT2D eigenvalue weighted by atomic mass is 79.9. The molecule has 2 aromatic rings. The Morgan fingerprint density at radius 1 is 1.26 bits per heavy atom. The summed E-state index contributed by atoms with van der Waals surface area (Å²) >= 11 is 9.68. The summed E-state index contributed by atoms with van der Waals surface area (Å²) in [5, 5.41) is 0.585. The first-order chi connectivity index (χ1) is 9.08. The molecule has 0 aliphatic heterocycles. The van der Waals surface area contributed by atoms with Gasteiger partial charge in [-0.25, -0.2) is 0 Å². The zero-order chi connectivity index (χ0) is 13.8. The molecule has 1 atom stereocenters. The van der Waals surface area contributed by atoms with Gasteiger partial charge in [0, 0.05) is 16.1 Å². The second-order valence-corrected chi connectivity index (χ2v) is 5.62. The molecule has 2 nitrogen and oxygen atoms in total. The van der Waals surface area contributed by atoms with Crippen LogP contribution in [0.5, 0.6) is 5.75 Å². The summed E-state index contributed by atoms with van der Waals surface area (Å²) in [4.78, 5) is 0. The van der Waals surface area contributed by atoms with E-state index in [1.54, 1.807) is 0 Å².